The Kier molecular flexibility index (Phi) is 3.62. The van der Waals surface area contributed by atoms with Gasteiger partial charge in [0.2, 0.25) is 0 Å². The zero-order valence-corrected chi connectivity index (χ0v) is 11.0. The maximum Gasteiger partial charge on any atom is 0.0971 e. The molecule has 84 valence electrons. The highest BCUT2D eigenvalue weighted by Crippen LogP contribution is 2.19. The first-order valence-corrected chi connectivity index (χ1v) is 6.59. The highest BCUT2D eigenvalue weighted by molar-refractivity contribution is 7.11. The van der Waals surface area contributed by atoms with Gasteiger partial charge in [-0.05, 0) is 19.4 Å². The molecular formula is C13H14ClNS. The molecule has 0 unspecified atom stereocenters. The Balaban J connectivity index is 2.19. The van der Waals surface area contributed by atoms with Crippen molar-refractivity contribution in [3.63, 3.8) is 0 Å². The number of aryl methyl sites for hydroxylation is 2. The number of thiazole rings is 1. The van der Waals surface area contributed by atoms with Gasteiger partial charge in [0.05, 0.1) is 10.9 Å². The Hall–Kier alpha value is -0.860. The predicted octanol–water partition coefficient (Wildman–Crippen LogP) is 4.09. The second kappa shape index (κ2) is 4.98. The van der Waals surface area contributed by atoms with Crippen LogP contribution >= 0.6 is 22.9 Å². The first-order chi connectivity index (χ1) is 7.67. The van der Waals surface area contributed by atoms with Gasteiger partial charge < -0.3 is 0 Å². The third-order valence-electron chi connectivity index (χ3n) is 2.37. The molecule has 0 spiro atoms. The summed E-state index contributed by atoms with van der Waals surface area (Å²) in [7, 11) is 0. The zero-order chi connectivity index (χ0) is 11.5. The number of rotatable bonds is 3. The summed E-state index contributed by atoms with van der Waals surface area (Å²) in [6.45, 7) is 4.26. The fourth-order valence-electron chi connectivity index (χ4n) is 1.84. The van der Waals surface area contributed by atoms with Gasteiger partial charge in [0.25, 0.3) is 0 Å². The van der Waals surface area contributed by atoms with Crippen LogP contribution in [-0.2, 0) is 12.3 Å². The molecule has 3 heteroatoms. The topological polar surface area (TPSA) is 12.9 Å². The van der Waals surface area contributed by atoms with Gasteiger partial charge in [-0.25, -0.2) is 4.98 Å². The van der Waals surface area contributed by atoms with E-state index in [9.17, 15) is 0 Å². The molecule has 2 aromatic rings. The number of hydrogen-bond acceptors (Lipinski definition) is 2. The summed E-state index contributed by atoms with van der Waals surface area (Å²) in [5, 5.41) is 1.14. The number of aromatic nitrogens is 1. The van der Waals surface area contributed by atoms with E-state index in [0.29, 0.717) is 5.88 Å². The van der Waals surface area contributed by atoms with E-state index in [0.717, 1.165) is 16.3 Å². The summed E-state index contributed by atoms with van der Waals surface area (Å²) in [4.78, 5) is 5.52. The van der Waals surface area contributed by atoms with Gasteiger partial charge in [0.15, 0.2) is 0 Å². The number of benzene rings is 1. The van der Waals surface area contributed by atoms with Crippen molar-refractivity contribution < 1.29 is 0 Å². The van der Waals surface area contributed by atoms with E-state index >= 15 is 0 Å². The molecule has 1 nitrogen and oxygen atoms in total. The lowest BCUT2D eigenvalue weighted by molar-refractivity contribution is 1.12. The Morgan fingerprint density at radius 3 is 2.44 bits per heavy atom. The molecule has 0 atom stereocenters. The summed E-state index contributed by atoms with van der Waals surface area (Å²) >= 11 is 7.46. The largest absolute Gasteiger partial charge is 0.249 e. The van der Waals surface area contributed by atoms with Gasteiger partial charge >= 0.3 is 0 Å². The standard InChI is InChI=1S/C13H14ClNS/c1-9-3-10(2)5-11(4-9)6-13-15-8-12(7-14)16-13/h3-5,8H,6-7H2,1-2H3. The quantitative estimate of drug-likeness (QED) is 0.749. The molecule has 0 amide bonds. The van der Waals surface area contributed by atoms with Crippen molar-refractivity contribution in [3.05, 3.63) is 51.0 Å². The van der Waals surface area contributed by atoms with Crippen LogP contribution in [0.1, 0.15) is 26.6 Å². The van der Waals surface area contributed by atoms with Crippen molar-refractivity contribution >= 4 is 22.9 Å². The number of hydrogen-bond donors (Lipinski definition) is 0. The Labute approximate surface area is 105 Å². The number of halogens is 1. The second-order valence-corrected chi connectivity index (χ2v) is 5.49. The maximum atomic E-state index is 5.76. The molecule has 0 aliphatic heterocycles. The summed E-state index contributed by atoms with van der Waals surface area (Å²) in [6, 6.07) is 6.62. The smallest absolute Gasteiger partial charge is 0.0971 e. The molecule has 1 aromatic carbocycles. The van der Waals surface area contributed by atoms with Crippen molar-refractivity contribution in [3.8, 4) is 0 Å². The summed E-state index contributed by atoms with van der Waals surface area (Å²) < 4.78 is 0. The van der Waals surface area contributed by atoms with Gasteiger partial charge in [-0.2, -0.15) is 0 Å². The van der Waals surface area contributed by atoms with E-state index in [1.807, 2.05) is 6.20 Å². The first-order valence-electron chi connectivity index (χ1n) is 5.24. The second-order valence-electron chi connectivity index (χ2n) is 4.03. The molecule has 2 rings (SSSR count). The van der Waals surface area contributed by atoms with Crippen molar-refractivity contribution in [1.29, 1.82) is 0 Å². The Morgan fingerprint density at radius 2 is 1.88 bits per heavy atom. The normalized spacial score (nSPS) is 10.7. The van der Waals surface area contributed by atoms with Crippen molar-refractivity contribution in [2.45, 2.75) is 26.1 Å². The average molecular weight is 252 g/mol. The predicted molar refractivity (Wildman–Crippen MR) is 70.4 cm³/mol. The van der Waals surface area contributed by atoms with Crippen molar-refractivity contribution in [2.24, 2.45) is 0 Å². The van der Waals surface area contributed by atoms with Gasteiger partial charge in [0, 0.05) is 17.5 Å². The van der Waals surface area contributed by atoms with Gasteiger partial charge in [-0.3, -0.25) is 0 Å². The molecule has 0 bridgehead atoms. The summed E-state index contributed by atoms with van der Waals surface area (Å²) in [5.41, 5.74) is 3.95. The van der Waals surface area contributed by atoms with Crippen LogP contribution in [0.3, 0.4) is 0 Å². The van der Waals surface area contributed by atoms with E-state index in [-0.39, 0.29) is 0 Å². The van der Waals surface area contributed by atoms with Crippen LogP contribution in [0.4, 0.5) is 0 Å². The minimum atomic E-state index is 0.560. The average Bonchev–Trinajstić information content (AvgIpc) is 2.64. The maximum absolute atomic E-state index is 5.76. The zero-order valence-electron chi connectivity index (χ0n) is 9.46. The van der Waals surface area contributed by atoms with Crippen LogP contribution in [0.2, 0.25) is 0 Å². The van der Waals surface area contributed by atoms with Crippen LogP contribution in [-0.4, -0.2) is 4.98 Å². The molecule has 0 N–H and O–H groups in total. The Bertz CT molecular complexity index is 470. The monoisotopic (exact) mass is 251 g/mol. The van der Waals surface area contributed by atoms with Gasteiger partial charge in [-0.15, -0.1) is 22.9 Å². The highest BCUT2D eigenvalue weighted by Gasteiger charge is 2.03. The minimum absolute atomic E-state index is 0.560. The minimum Gasteiger partial charge on any atom is -0.249 e. The molecule has 0 fully saturated rings. The van der Waals surface area contributed by atoms with Crippen molar-refractivity contribution in [2.75, 3.05) is 0 Å². The van der Waals surface area contributed by atoms with Crippen LogP contribution in [0.5, 0.6) is 0 Å². The molecule has 0 aliphatic rings. The summed E-state index contributed by atoms with van der Waals surface area (Å²) in [6.07, 6.45) is 2.78. The highest BCUT2D eigenvalue weighted by atomic mass is 35.5. The van der Waals surface area contributed by atoms with E-state index in [4.69, 9.17) is 11.6 Å². The van der Waals surface area contributed by atoms with Crippen LogP contribution < -0.4 is 0 Å². The molecule has 0 radical (unpaired) electrons. The summed E-state index contributed by atoms with van der Waals surface area (Å²) in [5.74, 6) is 0.560. The van der Waals surface area contributed by atoms with Crippen LogP contribution in [0.15, 0.2) is 24.4 Å². The fraction of sp³-hybridized carbons (Fsp3) is 0.308. The van der Waals surface area contributed by atoms with Gasteiger partial charge in [-0.1, -0.05) is 29.3 Å². The lowest BCUT2D eigenvalue weighted by Crippen LogP contribution is -1.89. The van der Waals surface area contributed by atoms with Gasteiger partial charge in [0.1, 0.15) is 0 Å². The lowest BCUT2D eigenvalue weighted by atomic mass is 10.1. The number of nitrogens with zero attached hydrogens (tertiary/aromatic N) is 1. The van der Waals surface area contributed by atoms with Crippen LogP contribution in [0, 0.1) is 13.8 Å². The molecule has 0 saturated heterocycles. The van der Waals surface area contributed by atoms with E-state index < -0.39 is 0 Å². The molecular weight excluding hydrogens is 238 g/mol. The van der Waals surface area contributed by atoms with Crippen LogP contribution in [0.25, 0.3) is 0 Å². The fourth-order valence-corrected chi connectivity index (χ4v) is 2.88. The SMILES string of the molecule is Cc1cc(C)cc(Cc2ncc(CCl)s2)c1. The first kappa shape index (κ1) is 11.6. The third-order valence-corrected chi connectivity index (χ3v) is 3.81. The molecule has 0 aliphatic carbocycles. The molecule has 16 heavy (non-hydrogen) atoms. The van der Waals surface area contributed by atoms with E-state index in [2.05, 4.69) is 37.0 Å². The molecule has 0 saturated carbocycles. The van der Waals surface area contributed by atoms with Crippen molar-refractivity contribution in [1.82, 2.24) is 4.98 Å². The lowest BCUT2D eigenvalue weighted by Gasteiger charge is -2.02. The van der Waals surface area contributed by atoms with E-state index in [1.165, 1.54) is 16.7 Å². The number of alkyl halides is 1. The third kappa shape index (κ3) is 2.83. The Morgan fingerprint density at radius 1 is 1.19 bits per heavy atom. The molecule has 1 heterocycles. The van der Waals surface area contributed by atoms with E-state index in [1.54, 1.807) is 11.3 Å². The molecule has 1 aromatic heterocycles.